The number of nitro benzene ring substituents is 1. The molecule has 0 radical (unpaired) electrons. The van der Waals surface area contributed by atoms with Crippen LogP contribution in [0.3, 0.4) is 0 Å². The van der Waals surface area contributed by atoms with Crippen LogP contribution in [0.25, 0.3) is 0 Å². The van der Waals surface area contributed by atoms with Gasteiger partial charge in [0.15, 0.2) is 0 Å². The minimum absolute atomic E-state index is 0.0978. The fourth-order valence-electron chi connectivity index (χ4n) is 2.04. The highest BCUT2D eigenvalue weighted by molar-refractivity contribution is 9.10. The van der Waals surface area contributed by atoms with E-state index in [-0.39, 0.29) is 11.6 Å². The normalized spacial score (nSPS) is 19.8. The first-order valence-electron chi connectivity index (χ1n) is 6.03. The second-order valence-corrected chi connectivity index (χ2v) is 6.38. The number of hydrogen-bond acceptors (Lipinski definition) is 3. The summed E-state index contributed by atoms with van der Waals surface area (Å²) in [5.74, 6) is 0.236. The zero-order valence-electron chi connectivity index (χ0n) is 10.8. The Kier molecular flexibility index (Phi) is 3.62. The number of carbonyl (C=O) groups excluding carboxylic acids is 1. The number of nitrogens with zero attached hydrogens (tertiary/aromatic N) is 1. The maximum Gasteiger partial charge on any atom is 0.284 e. The van der Waals surface area contributed by atoms with Crippen molar-refractivity contribution in [2.24, 2.45) is 11.3 Å². The molecule has 1 aliphatic carbocycles. The van der Waals surface area contributed by atoms with Crippen LogP contribution < -0.4 is 5.32 Å². The van der Waals surface area contributed by atoms with Crippen LogP contribution in [0.15, 0.2) is 22.7 Å². The first kappa shape index (κ1) is 14.0. The zero-order chi connectivity index (χ0) is 14.2. The predicted octanol–water partition coefficient (Wildman–Crippen LogP) is 3.13. The molecule has 19 heavy (non-hydrogen) atoms. The fraction of sp³-hybridized carbons (Fsp3) is 0.462. The average molecular weight is 327 g/mol. The molecule has 2 rings (SSSR count). The number of nitrogens with one attached hydrogen (secondary N) is 1. The van der Waals surface area contributed by atoms with Crippen LogP contribution in [-0.4, -0.2) is 17.4 Å². The lowest BCUT2D eigenvalue weighted by Crippen LogP contribution is -2.26. The maximum absolute atomic E-state index is 11.9. The lowest BCUT2D eigenvalue weighted by atomic mass is 10.1. The molecule has 0 bridgehead atoms. The Hall–Kier alpha value is -1.43. The average Bonchev–Trinajstić information content (AvgIpc) is 2.94. The van der Waals surface area contributed by atoms with Crippen molar-refractivity contribution in [2.75, 3.05) is 6.54 Å². The molecule has 1 aromatic carbocycles. The van der Waals surface area contributed by atoms with Crippen LogP contribution in [0.5, 0.6) is 0 Å². The van der Waals surface area contributed by atoms with Crippen LogP contribution in [-0.2, 0) is 0 Å². The van der Waals surface area contributed by atoms with Crippen molar-refractivity contribution in [3.05, 3.63) is 38.3 Å². The van der Waals surface area contributed by atoms with Crippen molar-refractivity contribution in [2.45, 2.75) is 20.3 Å². The molecule has 1 unspecified atom stereocenters. The van der Waals surface area contributed by atoms with E-state index in [2.05, 4.69) is 35.1 Å². The summed E-state index contributed by atoms with van der Waals surface area (Å²) in [5, 5.41) is 13.6. The Balaban J connectivity index is 2.03. The first-order chi connectivity index (χ1) is 8.81. The molecule has 6 heteroatoms. The highest BCUT2D eigenvalue weighted by Crippen LogP contribution is 2.50. The summed E-state index contributed by atoms with van der Waals surface area (Å²) in [4.78, 5) is 22.2. The third kappa shape index (κ3) is 3.12. The van der Waals surface area contributed by atoms with Gasteiger partial charge in [0.25, 0.3) is 11.6 Å². The minimum Gasteiger partial charge on any atom is -0.352 e. The molecule has 5 nitrogen and oxygen atoms in total. The number of benzene rings is 1. The van der Waals surface area contributed by atoms with Gasteiger partial charge >= 0.3 is 0 Å². The van der Waals surface area contributed by atoms with Gasteiger partial charge in [0.05, 0.1) is 9.40 Å². The van der Waals surface area contributed by atoms with Crippen molar-refractivity contribution in [1.82, 2.24) is 5.32 Å². The third-order valence-corrected chi connectivity index (χ3v) is 4.30. The third-order valence-electron chi connectivity index (χ3n) is 3.63. The maximum atomic E-state index is 11.9. The van der Waals surface area contributed by atoms with Gasteiger partial charge in [0, 0.05) is 18.2 Å². The van der Waals surface area contributed by atoms with Crippen molar-refractivity contribution >= 4 is 27.5 Å². The quantitative estimate of drug-likeness (QED) is 0.682. The predicted molar refractivity (Wildman–Crippen MR) is 75.0 cm³/mol. The standard InChI is InChI=1S/C13H15BrN2O3/c1-13(2)6-9(13)7-15-12(17)8-3-4-10(14)11(5-8)16(18)19/h3-5,9H,6-7H2,1-2H3,(H,15,17). The Labute approximate surface area is 119 Å². The smallest absolute Gasteiger partial charge is 0.284 e. The second-order valence-electron chi connectivity index (χ2n) is 5.52. The van der Waals surface area contributed by atoms with E-state index in [9.17, 15) is 14.9 Å². The van der Waals surface area contributed by atoms with Crippen molar-refractivity contribution < 1.29 is 9.72 Å². The molecule has 1 amide bonds. The van der Waals surface area contributed by atoms with E-state index in [4.69, 9.17) is 0 Å². The van der Waals surface area contributed by atoms with E-state index in [0.717, 1.165) is 6.42 Å². The van der Waals surface area contributed by atoms with E-state index in [1.54, 1.807) is 6.07 Å². The van der Waals surface area contributed by atoms with E-state index in [1.165, 1.54) is 12.1 Å². The number of hydrogen-bond donors (Lipinski definition) is 1. The summed E-state index contributed by atoms with van der Waals surface area (Å²) in [5.41, 5.74) is 0.520. The molecule has 0 spiro atoms. The van der Waals surface area contributed by atoms with Crippen molar-refractivity contribution in [3.63, 3.8) is 0 Å². The van der Waals surface area contributed by atoms with E-state index < -0.39 is 4.92 Å². The number of rotatable bonds is 4. The van der Waals surface area contributed by atoms with Gasteiger partial charge in [-0.25, -0.2) is 0 Å². The number of carbonyl (C=O) groups is 1. The van der Waals surface area contributed by atoms with Gasteiger partial charge in [0.1, 0.15) is 0 Å². The van der Waals surface area contributed by atoms with Gasteiger partial charge in [-0.2, -0.15) is 0 Å². The van der Waals surface area contributed by atoms with Crippen molar-refractivity contribution in [1.29, 1.82) is 0 Å². The van der Waals surface area contributed by atoms with Crippen molar-refractivity contribution in [3.8, 4) is 0 Å². The van der Waals surface area contributed by atoms with Crippen LogP contribution >= 0.6 is 15.9 Å². The van der Waals surface area contributed by atoms with Crippen LogP contribution in [0.2, 0.25) is 0 Å². The molecule has 0 heterocycles. The van der Waals surface area contributed by atoms with Crippen LogP contribution in [0.1, 0.15) is 30.6 Å². The van der Waals surface area contributed by atoms with Gasteiger partial charge in [-0.05, 0) is 45.8 Å². The lowest BCUT2D eigenvalue weighted by Gasteiger charge is -2.07. The molecular formula is C13H15BrN2O3. The van der Waals surface area contributed by atoms with Gasteiger partial charge in [0.2, 0.25) is 0 Å². The minimum atomic E-state index is -0.509. The number of halogens is 1. The topological polar surface area (TPSA) is 72.2 Å². The lowest BCUT2D eigenvalue weighted by molar-refractivity contribution is -0.385. The second kappa shape index (κ2) is 4.92. The molecule has 1 atom stereocenters. The summed E-state index contributed by atoms with van der Waals surface area (Å²) in [6.45, 7) is 4.94. The molecule has 102 valence electrons. The number of nitro groups is 1. The first-order valence-corrected chi connectivity index (χ1v) is 6.83. The summed E-state index contributed by atoms with van der Waals surface area (Å²) in [7, 11) is 0. The van der Waals surface area contributed by atoms with Gasteiger partial charge in [-0.15, -0.1) is 0 Å². The molecule has 1 aliphatic rings. The van der Waals surface area contributed by atoms with Gasteiger partial charge < -0.3 is 5.32 Å². The highest BCUT2D eigenvalue weighted by atomic mass is 79.9. The van der Waals surface area contributed by atoms with Gasteiger partial charge in [-0.1, -0.05) is 13.8 Å². The molecule has 1 saturated carbocycles. The van der Waals surface area contributed by atoms with E-state index in [1.807, 2.05) is 0 Å². The summed E-state index contributed by atoms with van der Waals surface area (Å²) >= 11 is 3.09. The summed E-state index contributed by atoms with van der Waals surface area (Å²) in [6, 6.07) is 4.38. The van der Waals surface area contributed by atoms with Crippen LogP contribution in [0.4, 0.5) is 5.69 Å². The Morgan fingerprint density at radius 3 is 2.74 bits per heavy atom. The summed E-state index contributed by atoms with van der Waals surface area (Å²) in [6.07, 6.45) is 1.10. The van der Waals surface area contributed by atoms with E-state index in [0.29, 0.717) is 27.9 Å². The zero-order valence-corrected chi connectivity index (χ0v) is 12.4. The Morgan fingerprint density at radius 1 is 1.58 bits per heavy atom. The molecule has 0 aliphatic heterocycles. The Bertz CT molecular complexity index is 543. The molecule has 0 saturated heterocycles. The number of amides is 1. The molecule has 0 aromatic heterocycles. The SMILES string of the molecule is CC1(C)CC1CNC(=O)c1ccc(Br)c([N+](=O)[O-])c1. The molecule has 1 aromatic rings. The molecule has 1 N–H and O–H groups in total. The largest absolute Gasteiger partial charge is 0.352 e. The van der Waals surface area contributed by atoms with E-state index >= 15 is 0 Å². The molecular weight excluding hydrogens is 312 g/mol. The molecule has 1 fully saturated rings. The van der Waals surface area contributed by atoms with Gasteiger partial charge in [-0.3, -0.25) is 14.9 Å². The summed E-state index contributed by atoms with van der Waals surface area (Å²) < 4.78 is 0.373. The monoisotopic (exact) mass is 326 g/mol. The fourth-order valence-corrected chi connectivity index (χ4v) is 2.43. The van der Waals surface area contributed by atoms with Crippen LogP contribution in [0, 0.1) is 21.4 Å². The highest BCUT2D eigenvalue weighted by Gasteiger charge is 2.45. The Morgan fingerprint density at radius 2 is 2.21 bits per heavy atom.